The molecule has 0 spiro atoms. The van der Waals surface area contributed by atoms with E-state index < -0.39 is 0 Å². The molecule has 100 valence electrons. The summed E-state index contributed by atoms with van der Waals surface area (Å²) in [7, 11) is 1.93. The Morgan fingerprint density at radius 1 is 1.44 bits per heavy atom. The predicted octanol–water partition coefficient (Wildman–Crippen LogP) is 4.15. The average Bonchev–Trinajstić information content (AvgIpc) is 2.30. The topological polar surface area (TPSA) is 12.0 Å². The normalized spacial score (nSPS) is 27.0. The summed E-state index contributed by atoms with van der Waals surface area (Å²) >= 11 is 5.90. The molecule has 18 heavy (non-hydrogen) atoms. The molecule has 0 amide bonds. The number of benzene rings is 1. The van der Waals surface area contributed by atoms with Gasteiger partial charge in [-0.3, -0.25) is 0 Å². The maximum atomic E-state index is 14.2. The summed E-state index contributed by atoms with van der Waals surface area (Å²) in [6, 6.07) is 5.36. The van der Waals surface area contributed by atoms with Gasteiger partial charge in [0, 0.05) is 12.0 Å². The molecule has 0 bridgehead atoms. The van der Waals surface area contributed by atoms with Crippen molar-refractivity contribution in [1.29, 1.82) is 0 Å². The standard InChI is InChI=1S/C15H21ClFN/c1-3-5-11-8-15(9-11,10-18-2)12-6-4-7-13(16)14(12)17/h4,6-7,11,18H,3,5,8-10H2,1-2H3. The molecule has 1 aliphatic carbocycles. The number of hydrogen-bond donors (Lipinski definition) is 1. The zero-order chi connectivity index (χ0) is 13.2. The number of likely N-dealkylation sites (N-methyl/N-ethyl adjacent to an activating group) is 1. The molecule has 1 nitrogen and oxygen atoms in total. The van der Waals surface area contributed by atoms with E-state index in [0.717, 1.165) is 30.9 Å². The minimum absolute atomic E-state index is 0.0520. The predicted molar refractivity (Wildman–Crippen MR) is 74.6 cm³/mol. The molecule has 0 aromatic heterocycles. The number of nitrogens with one attached hydrogen (secondary N) is 1. The van der Waals surface area contributed by atoms with Gasteiger partial charge in [-0.1, -0.05) is 43.5 Å². The van der Waals surface area contributed by atoms with Crippen LogP contribution in [0, 0.1) is 11.7 Å². The summed E-state index contributed by atoms with van der Waals surface area (Å²) in [4.78, 5) is 0. The number of halogens is 2. The lowest BCUT2D eigenvalue weighted by Gasteiger charge is -2.48. The maximum absolute atomic E-state index is 14.2. The van der Waals surface area contributed by atoms with Crippen LogP contribution in [0.5, 0.6) is 0 Å². The summed E-state index contributed by atoms with van der Waals surface area (Å²) in [5.74, 6) is 0.506. The molecule has 0 radical (unpaired) electrons. The van der Waals surface area contributed by atoms with Crippen molar-refractivity contribution in [3.05, 3.63) is 34.6 Å². The highest BCUT2D eigenvalue weighted by atomic mass is 35.5. The highest BCUT2D eigenvalue weighted by molar-refractivity contribution is 6.30. The van der Waals surface area contributed by atoms with E-state index in [1.54, 1.807) is 6.07 Å². The van der Waals surface area contributed by atoms with Crippen molar-refractivity contribution >= 4 is 11.6 Å². The molecule has 0 unspecified atom stereocenters. The van der Waals surface area contributed by atoms with Gasteiger partial charge >= 0.3 is 0 Å². The minimum atomic E-state index is -0.232. The van der Waals surface area contributed by atoms with Gasteiger partial charge in [0.1, 0.15) is 5.82 Å². The first kappa shape index (κ1) is 13.8. The Morgan fingerprint density at radius 3 is 2.78 bits per heavy atom. The Bertz CT molecular complexity index is 413. The van der Waals surface area contributed by atoms with Crippen molar-refractivity contribution in [2.45, 2.75) is 38.0 Å². The fraction of sp³-hybridized carbons (Fsp3) is 0.600. The Morgan fingerprint density at radius 2 is 2.17 bits per heavy atom. The molecule has 0 atom stereocenters. The van der Waals surface area contributed by atoms with E-state index >= 15 is 0 Å². The molecule has 1 aliphatic rings. The van der Waals surface area contributed by atoms with Gasteiger partial charge in [-0.2, -0.15) is 0 Å². The van der Waals surface area contributed by atoms with E-state index in [-0.39, 0.29) is 16.3 Å². The first-order chi connectivity index (χ1) is 8.63. The number of rotatable bonds is 5. The molecule has 0 heterocycles. The van der Waals surface area contributed by atoms with E-state index in [2.05, 4.69) is 12.2 Å². The molecular formula is C15H21ClFN. The third kappa shape index (κ3) is 2.41. The van der Waals surface area contributed by atoms with Crippen LogP contribution in [0.2, 0.25) is 5.02 Å². The summed E-state index contributed by atoms with van der Waals surface area (Å²) in [5.41, 5.74) is 0.737. The zero-order valence-electron chi connectivity index (χ0n) is 11.1. The Hall–Kier alpha value is -0.600. The van der Waals surface area contributed by atoms with Crippen LogP contribution in [-0.2, 0) is 5.41 Å². The van der Waals surface area contributed by atoms with E-state index in [9.17, 15) is 4.39 Å². The largest absolute Gasteiger partial charge is 0.319 e. The molecule has 3 heteroatoms. The molecule has 1 fully saturated rings. The molecular weight excluding hydrogens is 249 g/mol. The van der Waals surface area contributed by atoms with Gasteiger partial charge in [0.2, 0.25) is 0 Å². The van der Waals surface area contributed by atoms with Gasteiger partial charge in [0.25, 0.3) is 0 Å². The van der Waals surface area contributed by atoms with Crippen molar-refractivity contribution in [2.75, 3.05) is 13.6 Å². The monoisotopic (exact) mass is 269 g/mol. The zero-order valence-corrected chi connectivity index (χ0v) is 11.9. The second-order valence-corrected chi connectivity index (χ2v) is 5.88. The SMILES string of the molecule is CCCC1CC(CNC)(c2cccc(Cl)c2F)C1. The Labute approximate surface area is 114 Å². The van der Waals surface area contributed by atoms with Crippen LogP contribution in [0.3, 0.4) is 0 Å². The lowest BCUT2D eigenvalue weighted by atomic mass is 9.57. The second kappa shape index (κ2) is 5.58. The average molecular weight is 270 g/mol. The van der Waals surface area contributed by atoms with Crippen LogP contribution in [-0.4, -0.2) is 13.6 Å². The molecule has 2 rings (SSSR count). The first-order valence-electron chi connectivity index (χ1n) is 6.72. The van der Waals surface area contributed by atoms with Crippen LogP contribution in [0.4, 0.5) is 4.39 Å². The van der Waals surface area contributed by atoms with Crippen LogP contribution >= 0.6 is 11.6 Å². The van der Waals surface area contributed by atoms with Crippen molar-refractivity contribution < 1.29 is 4.39 Å². The van der Waals surface area contributed by atoms with Gasteiger partial charge in [-0.15, -0.1) is 0 Å². The molecule has 1 aromatic rings. The van der Waals surface area contributed by atoms with E-state index in [4.69, 9.17) is 11.6 Å². The van der Waals surface area contributed by atoms with Gasteiger partial charge in [0.05, 0.1) is 5.02 Å². The summed E-state index contributed by atoms with van der Waals surface area (Å²) in [6.45, 7) is 3.03. The van der Waals surface area contributed by atoms with E-state index in [1.165, 1.54) is 12.8 Å². The molecule has 1 aromatic carbocycles. The van der Waals surface area contributed by atoms with Crippen molar-refractivity contribution in [3.63, 3.8) is 0 Å². The van der Waals surface area contributed by atoms with Gasteiger partial charge < -0.3 is 5.32 Å². The molecule has 1 saturated carbocycles. The highest BCUT2D eigenvalue weighted by Gasteiger charge is 2.45. The number of hydrogen-bond acceptors (Lipinski definition) is 1. The van der Waals surface area contributed by atoms with Crippen LogP contribution in [0.15, 0.2) is 18.2 Å². The van der Waals surface area contributed by atoms with Gasteiger partial charge in [-0.25, -0.2) is 4.39 Å². The Kier molecular flexibility index (Phi) is 4.29. The van der Waals surface area contributed by atoms with Gasteiger partial charge in [0.15, 0.2) is 0 Å². The second-order valence-electron chi connectivity index (χ2n) is 5.47. The third-order valence-electron chi connectivity index (χ3n) is 4.09. The highest BCUT2D eigenvalue weighted by Crippen LogP contribution is 2.50. The van der Waals surface area contributed by atoms with Crippen LogP contribution < -0.4 is 5.32 Å². The van der Waals surface area contributed by atoms with E-state index in [0.29, 0.717) is 0 Å². The van der Waals surface area contributed by atoms with Crippen molar-refractivity contribution in [3.8, 4) is 0 Å². The fourth-order valence-corrected chi connectivity index (χ4v) is 3.54. The smallest absolute Gasteiger partial charge is 0.145 e. The summed E-state index contributed by atoms with van der Waals surface area (Å²) in [6.07, 6.45) is 4.59. The third-order valence-corrected chi connectivity index (χ3v) is 4.39. The minimum Gasteiger partial charge on any atom is -0.319 e. The lowest BCUT2D eigenvalue weighted by Crippen LogP contribution is -2.48. The summed E-state index contributed by atoms with van der Waals surface area (Å²) in [5, 5.41) is 3.45. The molecule has 0 aliphatic heterocycles. The van der Waals surface area contributed by atoms with Crippen LogP contribution in [0.1, 0.15) is 38.2 Å². The fourth-order valence-electron chi connectivity index (χ4n) is 3.37. The summed E-state index contributed by atoms with van der Waals surface area (Å²) < 4.78 is 14.2. The lowest BCUT2D eigenvalue weighted by molar-refractivity contribution is 0.127. The molecule has 1 N–H and O–H groups in total. The van der Waals surface area contributed by atoms with Gasteiger partial charge in [-0.05, 0) is 37.4 Å². The maximum Gasteiger partial charge on any atom is 0.145 e. The van der Waals surface area contributed by atoms with Crippen molar-refractivity contribution in [2.24, 2.45) is 5.92 Å². The molecule has 0 saturated heterocycles. The quantitative estimate of drug-likeness (QED) is 0.847. The van der Waals surface area contributed by atoms with Crippen molar-refractivity contribution in [1.82, 2.24) is 5.32 Å². The van der Waals surface area contributed by atoms with Crippen LogP contribution in [0.25, 0.3) is 0 Å². The first-order valence-corrected chi connectivity index (χ1v) is 7.10. The van der Waals surface area contributed by atoms with E-state index in [1.807, 2.05) is 19.2 Å². The Balaban J connectivity index is 2.24.